The maximum Gasteiger partial charge on any atom is 0.251 e. The van der Waals surface area contributed by atoms with Crippen molar-refractivity contribution >= 4 is 39.9 Å². The summed E-state index contributed by atoms with van der Waals surface area (Å²) in [5.74, 6) is -0.362. The summed E-state index contributed by atoms with van der Waals surface area (Å²) in [5.41, 5.74) is 1.44. The Kier molecular flexibility index (Phi) is 4.39. The lowest BCUT2D eigenvalue weighted by Gasteiger charge is -2.26. The molecule has 3 fully saturated rings. The highest BCUT2D eigenvalue weighted by molar-refractivity contribution is 6.11. The van der Waals surface area contributed by atoms with E-state index in [2.05, 4.69) is 0 Å². The first-order valence-corrected chi connectivity index (χ1v) is 11.3. The van der Waals surface area contributed by atoms with Crippen molar-refractivity contribution in [3.63, 3.8) is 0 Å². The summed E-state index contributed by atoms with van der Waals surface area (Å²) < 4.78 is 0. The molecule has 0 spiro atoms. The van der Waals surface area contributed by atoms with Crippen molar-refractivity contribution in [2.45, 2.75) is 19.3 Å². The molecular formula is C27H24N2O3. The predicted molar refractivity (Wildman–Crippen MR) is 122 cm³/mol. The van der Waals surface area contributed by atoms with Gasteiger partial charge in [0.15, 0.2) is 0 Å². The molecule has 3 aromatic rings. The number of carbonyl (C=O) groups is 3. The smallest absolute Gasteiger partial charge is 0.251 e. The van der Waals surface area contributed by atoms with E-state index in [-0.39, 0.29) is 36.1 Å². The number of para-hydroxylation sites is 1. The molecule has 3 amide bonds. The normalized spacial score (nSPS) is 26.1. The SMILES string of the molecule is O=C1[C@@H]2[C@H]3CC[C@@H](C3)[C@H]2C(=O)N1CC(=O)N(c1ccccc1)c1ccc2ccccc2c1. The molecule has 0 aromatic heterocycles. The monoisotopic (exact) mass is 424 g/mol. The van der Waals surface area contributed by atoms with E-state index in [0.717, 1.165) is 35.7 Å². The van der Waals surface area contributed by atoms with Crippen LogP contribution in [-0.2, 0) is 14.4 Å². The number of nitrogens with zero attached hydrogens (tertiary/aromatic N) is 2. The minimum Gasteiger partial charge on any atom is -0.280 e. The van der Waals surface area contributed by atoms with E-state index in [1.165, 1.54) is 4.90 Å². The third-order valence-electron chi connectivity index (χ3n) is 7.57. The Balaban J connectivity index is 1.34. The molecule has 6 rings (SSSR count). The molecule has 2 bridgehead atoms. The van der Waals surface area contributed by atoms with Crippen molar-refractivity contribution < 1.29 is 14.4 Å². The molecule has 5 heteroatoms. The Morgan fingerprint density at radius 3 is 2.09 bits per heavy atom. The minimum atomic E-state index is -0.277. The highest BCUT2D eigenvalue weighted by Gasteiger charge is 2.61. The molecule has 2 saturated carbocycles. The lowest BCUT2D eigenvalue weighted by Crippen LogP contribution is -2.42. The van der Waals surface area contributed by atoms with E-state index < -0.39 is 0 Å². The van der Waals surface area contributed by atoms with Crippen molar-refractivity contribution in [2.75, 3.05) is 11.4 Å². The van der Waals surface area contributed by atoms with Gasteiger partial charge in [-0.3, -0.25) is 24.2 Å². The number of hydrogen-bond donors (Lipinski definition) is 0. The second kappa shape index (κ2) is 7.30. The van der Waals surface area contributed by atoms with Gasteiger partial charge < -0.3 is 0 Å². The first-order chi connectivity index (χ1) is 15.6. The number of carbonyl (C=O) groups excluding carboxylic acids is 3. The van der Waals surface area contributed by atoms with Gasteiger partial charge in [-0.1, -0.05) is 48.5 Å². The first kappa shape index (κ1) is 19.2. The van der Waals surface area contributed by atoms with Crippen LogP contribution in [0.5, 0.6) is 0 Å². The molecule has 0 radical (unpaired) electrons. The van der Waals surface area contributed by atoms with Crippen LogP contribution in [0.1, 0.15) is 19.3 Å². The van der Waals surface area contributed by atoms with Gasteiger partial charge in [0.25, 0.3) is 5.91 Å². The summed E-state index contributed by atoms with van der Waals surface area (Å²) in [6, 6.07) is 23.3. The Morgan fingerprint density at radius 2 is 1.41 bits per heavy atom. The van der Waals surface area contributed by atoms with Crippen LogP contribution in [0.15, 0.2) is 72.8 Å². The fourth-order valence-corrected chi connectivity index (χ4v) is 6.16. The third kappa shape index (κ3) is 2.88. The van der Waals surface area contributed by atoms with Crippen molar-refractivity contribution in [1.29, 1.82) is 0 Å². The summed E-state index contributed by atoms with van der Waals surface area (Å²) in [6.07, 6.45) is 3.04. The van der Waals surface area contributed by atoms with Crippen LogP contribution in [-0.4, -0.2) is 29.2 Å². The van der Waals surface area contributed by atoms with Gasteiger partial charge >= 0.3 is 0 Å². The van der Waals surface area contributed by atoms with Crippen LogP contribution in [0.3, 0.4) is 0 Å². The molecule has 3 aromatic carbocycles. The molecule has 4 atom stereocenters. The van der Waals surface area contributed by atoms with E-state index in [1.807, 2.05) is 72.8 Å². The minimum absolute atomic E-state index is 0.146. The number of rotatable bonds is 4. The van der Waals surface area contributed by atoms with Gasteiger partial charge in [0, 0.05) is 11.4 Å². The zero-order chi connectivity index (χ0) is 21.8. The second-order valence-corrected chi connectivity index (χ2v) is 9.24. The van der Waals surface area contributed by atoms with E-state index >= 15 is 0 Å². The number of benzene rings is 3. The fourth-order valence-electron chi connectivity index (χ4n) is 6.16. The Labute approximate surface area is 186 Å². The van der Waals surface area contributed by atoms with E-state index in [4.69, 9.17) is 0 Å². The highest BCUT2D eigenvalue weighted by atomic mass is 16.2. The lowest BCUT2D eigenvalue weighted by atomic mass is 9.81. The molecule has 160 valence electrons. The molecule has 1 aliphatic heterocycles. The van der Waals surface area contributed by atoms with Crippen molar-refractivity contribution in [2.24, 2.45) is 23.7 Å². The van der Waals surface area contributed by atoms with Crippen LogP contribution in [0.25, 0.3) is 10.8 Å². The van der Waals surface area contributed by atoms with Gasteiger partial charge in [0.2, 0.25) is 11.8 Å². The molecule has 1 saturated heterocycles. The molecule has 2 aliphatic carbocycles. The average molecular weight is 425 g/mol. The highest BCUT2D eigenvalue weighted by Crippen LogP contribution is 2.56. The average Bonchev–Trinajstić information content (AvgIpc) is 3.50. The molecule has 1 heterocycles. The van der Waals surface area contributed by atoms with Crippen molar-refractivity contribution in [3.05, 3.63) is 72.8 Å². The van der Waals surface area contributed by atoms with Crippen molar-refractivity contribution in [3.8, 4) is 0 Å². The maximum atomic E-state index is 13.6. The van der Waals surface area contributed by atoms with Crippen LogP contribution in [0.4, 0.5) is 11.4 Å². The summed E-state index contributed by atoms with van der Waals surface area (Å²) in [6.45, 7) is -0.216. The molecule has 0 N–H and O–H groups in total. The van der Waals surface area contributed by atoms with Crippen LogP contribution in [0.2, 0.25) is 0 Å². The Bertz CT molecular complexity index is 1210. The molecule has 5 nitrogen and oxygen atoms in total. The van der Waals surface area contributed by atoms with Gasteiger partial charge in [-0.05, 0) is 66.1 Å². The fraction of sp³-hybridized carbons (Fsp3) is 0.296. The number of likely N-dealkylation sites (tertiary alicyclic amines) is 1. The molecule has 0 unspecified atom stereocenters. The number of fused-ring (bicyclic) bond motifs is 6. The number of anilines is 2. The van der Waals surface area contributed by atoms with Crippen molar-refractivity contribution in [1.82, 2.24) is 4.90 Å². The van der Waals surface area contributed by atoms with E-state index in [1.54, 1.807) is 4.90 Å². The summed E-state index contributed by atoms with van der Waals surface area (Å²) in [5, 5.41) is 2.11. The standard InChI is InChI=1S/C27H24N2O3/c30-23(16-28-26(31)24-19-10-11-20(14-19)25(24)27(28)32)29(21-8-2-1-3-9-21)22-13-12-17-6-4-5-7-18(17)15-22/h1-9,12-13,15,19-20,24-25H,10-11,14,16H2/t19-,20-,24+,25+/m0/s1. The predicted octanol–water partition coefficient (Wildman–Crippen LogP) is 4.54. The summed E-state index contributed by atoms with van der Waals surface area (Å²) in [7, 11) is 0. The molecular weight excluding hydrogens is 400 g/mol. The lowest BCUT2D eigenvalue weighted by molar-refractivity contribution is -0.143. The zero-order valence-corrected chi connectivity index (χ0v) is 17.7. The van der Waals surface area contributed by atoms with Gasteiger partial charge in [-0.2, -0.15) is 0 Å². The summed E-state index contributed by atoms with van der Waals surface area (Å²) >= 11 is 0. The quantitative estimate of drug-likeness (QED) is 0.578. The Hall–Kier alpha value is -3.47. The first-order valence-electron chi connectivity index (χ1n) is 11.3. The van der Waals surface area contributed by atoms with Gasteiger partial charge in [-0.15, -0.1) is 0 Å². The number of hydrogen-bond acceptors (Lipinski definition) is 3. The maximum absolute atomic E-state index is 13.6. The van der Waals surface area contributed by atoms with Crippen LogP contribution >= 0.6 is 0 Å². The van der Waals surface area contributed by atoms with Gasteiger partial charge in [-0.25, -0.2) is 0 Å². The number of amides is 3. The molecule has 32 heavy (non-hydrogen) atoms. The zero-order valence-electron chi connectivity index (χ0n) is 17.7. The number of imide groups is 1. The molecule has 3 aliphatic rings. The second-order valence-electron chi connectivity index (χ2n) is 9.24. The van der Waals surface area contributed by atoms with Gasteiger partial charge in [0.1, 0.15) is 6.54 Å². The van der Waals surface area contributed by atoms with Gasteiger partial charge in [0.05, 0.1) is 11.8 Å². The third-order valence-corrected chi connectivity index (χ3v) is 7.57. The topological polar surface area (TPSA) is 57.7 Å². The van der Waals surface area contributed by atoms with Crippen LogP contribution < -0.4 is 4.90 Å². The summed E-state index contributed by atoms with van der Waals surface area (Å²) in [4.78, 5) is 42.7. The van der Waals surface area contributed by atoms with E-state index in [9.17, 15) is 14.4 Å². The Morgan fingerprint density at radius 1 is 0.781 bits per heavy atom. The van der Waals surface area contributed by atoms with Crippen LogP contribution in [0, 0.1) is 23.7 Å². The largest absolute Gasteiger partial charge is 0.280 e. The van der Waals surface area contributed by atoms with E-state index in [0.29, 0.717) is 17.5 Å².